The first-order chi connectivity index (χ1) is 5.77. The lowest BCUT2D eigenvalue weighted by Crippen LogP contribution is -1.94. The van der Waals surface area contributed by atoms with Crippen molar-refractivity contribution in [1.29, 1.82) is 0 Å². The van der Waals surface area contributed by atoms with Gasteiger partial charge in [-0.1, -0.05) is 13.8 Å². The van der Waals surface area contributed by atoms with Crippen LogP contribution in [-0.4, -0.2) is 24.8 Å². The SMILES string of the molecule is CC(C)c1nc2cncnn2n1. The molecule has 0 saturated heterocycles. The van der Waals surface area contributed by atoms with Crippen LogP contribution < -0.4 is 0 Å². The summed E-state index contributed by atoms with van der Waals surface area (Å²) < 4.78 is 1.49. The van der Waals surface area contributed by atoms with Gasteiger partial charge in [-0.25, -0.2) is 9.97 Å². The number of nitrogens with zero attached hydrogens (tertiary/aromatic N) is 5. The van der Waals surface area contributed by atoms with Crippen LogP contribution in [-0.2, 0) is 0 Å². The third kappa shape index (κ3) is 1.03. The Balaban J connectivity index is 2.62. The summed E-state index contributed by atoms with van der Waals surface area (Å²) in [6.45, 7) is 4.09. The predicted octanol–water partition coefficient (Wildman–Crippen LogP) is 0.643. The van der Waals surface area contributed by atoms with Gasteiger partial charge in [0.1, 0.15) is 6.33 Å². The van der Waals surface area contributed by atoms with Gasteiger partial charge in [-0.2, -0.15) is 0 Å². The molecule has 0 aliphatic rings. The topological polar surface area (TPSA) is 56.0 Å². The third-order valence-electron chi connectivity index (χ3n) is 1.57. The zero-order chi connectivity index (χ0) is 8.55. The molecule has 0 bridgehead atoms. The first-order valence-electron chi connectivity index (χ1n) is 3.80. The molecule has 62 valence electrons. The standard InChI is InChI=1S/C7H9N5/c1-5(2)7-10-6-3-8-4-9-12(6)11-7/h3-5H,1-2H3. The van der Waals surface area contributed by atoms with Crippen molar-refractivity contribution in [1.82, 2.24) is 24.8 Å². The Morgan fingerprint density at radius 1 is 1.42 bits per heavy atom. The van der Waals surface area contributed by atoms with E-state index < -0.39 is 0 Å². The van der Waals surface area contributed by atoms with E-state index in [9.17, 15) is 0 Å². The molecule has 5 nitrogen and oxygen atoms in total. The van der Waals surface area contributed by atoms with Crippen LogP contribution in [0.2, 0.25) is 0 Å². The molecule has 0 aromatic carbocycles. The Morgan fingerprint density at radius 3 is 2.92 bits per heavy atom. The minimum Gasteiger partial charge on any atom is -0.239 e. The lowest BCUT2D eigenvalue weighted by atomic mass is 10.2. The molecular formula is C7H9N5. The van der Waals surface area contributed by atoms with E-state index in [1.54, 1.807) is 6.20 Å². The van der Waals surface area contributed by atoms with E-state index in [1.165, 1.54) is 11.0 Å². The van der Waals surface area contributed by atoms with Gasteiger partial charge in [0.25, 0.3) is 0 Å². The fourth-order valence-electron chi connectivity index (χ4n) is 0.921. The van der Waals surface area contributed by atoms with Crippen molar-refractivity contribution in [3.63, 3.8) is 0 Å². The number of aromatic nitrogens is 5. The van der Waals surface area contributed by atoms with E-state index in [2.05, 4.69) is 20.2 Å². The van der Waals surface area contributed by atoms with Crippen LogP contribution in [0.1, 0.15) is 25.6 Å². The van der Waals surface area contributed by atoms with Gasteiger partial charge >= 0.3 is 0 Å². The number of hydrogen-bond donors (Lipinski definition) is 0. The fourth-order valence-corrected chi connectivity index (χ4v) is 0.921. The zero-order valence-corrected chi connectivity index (χ0v) is 6.97. The molecule has 0 amide bonds. The summed E-state index contributed by atoms with van der Waals surface area (Å²) in [6.07, 6.45) is 3.09. The van der Waals surface area contributed by atoms with Crippen molar-refractivity contribution >= 4 is 5.65 Å². The highest BCUT2D eigenvalue weighted by Crippen LogP contribution is 2.08. The molecule has 0 spiro atoms. The molecule has 0 fully saturated rings. The Morgan fingerprint density at radius 2 is 2.25 bits per heavy atom. The van der Waals surface area contributed by atoms with E-state index in [0.717, 1.165) is 5.82 Å². The van der Waals surface area contributed by atoms with Gasteiger partial charge in [-0.15, -0.1) is 14.8 Å². The Bertz CT molecular complexity index is 358. The predicted molar refractivity (Wildman–Crippen MR) is 42.7 cm³/mol. The van der Waals surface area contributed by atoms with E-state index in [4.69, 9.17) is 0 Å². The number of fused-ring (bicyclic) bond motifs is 1. The monoisotopic (exact) mass is 163 g/mol. The van der Waals surface area contributed by atoms with Crippen LogP contribution in [0.5, 0.6) is 0 Å². The molecule has 0 radical (unpaired) electrons. The third-order valence-corrected chi connectivity index (χ3v) is 1.57. The smallest absolute Gasteiger partial charge is 0.194 e. The van der Waals surface area contributed by atoms with Gasteiger partial charge in [0.05, 0.1) is 6.20 Å². The van der Waals surface area contributed by atoms with Crippen molar-refractivity contribution in [2.75, 3.05) is 0 Å². The summed E-state index contributed by atoms with van der Waals surface area (Å²) in [6, 6.07) is 0. The van der Waals surface area contributed by atoms with E-state index in [1.807, 2.05) is 13.8 Å². The number of rotatable bonds is 1. The lowest BCUT2D eigenvalue weighted by molar-refractivity contribution is 0.718. The normalized spacial score (nSPS) is 11.2. The van der Waals surface area contributed by atoms with Crippen molar-refractivity contribution in [2.24, 2.45) is 0 Å². The number of hydrogen-bond acceptors (Lipinski definition) is 4. The van der Waals surface area contributed by atoms with Gasteiger partial charge < -0.3 is 0 Å². The van der Waals surface area contributed by atoms with E-state index >= 15 is 0 Å². The molecular weight excluding hydrogens is 154 g/mol. The maximum absolute atomic E-state index is 4.24. The Hall–Kier alpha value is -1.52. The van der Waals surface area contributed by atoms with Crippen molar-refractivity contribution in [3.05, 3.63) is 18.3 Å². The highest BCUT2D eigenvalue weighted by Gasteiger charge is 2.06. The highest BCUT2D eigenvalue weighted by molar-refractivity contribution is 5.31. The second-order valence-corrected chi connectivity index (χ2v) is 2.88. The molecule has 0 atom stereocenters. The Labute approximate surface area is 69.5 Å². The van der Waals surface area contributed by atoms with Crippen LogP contribution in [0.25, 0.3) is 5.65 Å². The molecule has 0 unspecified atom stereocenters. The average Bonchev–Trinajstić information content (AvgIpc) is 2.46. The first kappa shape index (κ1) is 7.15. The van der Waals surface area contributed by atoms with Gasteiger partial charge in [-0.05, 0) is 0 Å². The molecule has 0 N–H and O–H groups in total. The van der Waals surface area contributed by atoms with Gasteiger partial charge in [0, 0.05) is 5.92 Å². The van der Waals surface area contributed by atoms with Crippen LogP contribution in [0.3, 0.4) is 0 Å². The van der Waals surface area contributed by atoms with Gasteiger partial charge in [0.2, 0.25) is 0 Å². The summed E-state index contributed by atoms with van der Waals surface area (Å²) in [5.41, 5.74) is 0.696. The van der Waals surface area contributed by atoms with Gasteiger partial charge in [0.15, 0.2) is 11.5 Å². The molecule has 2 rings (SSSR count). The van der Waals surface area contributed by atoms with Crippen molar-refractivity contribution in [2.45, 2.75) is 19.8 Å². The first-order valence-corrected chi connectivity index (χ1v) is 3.80. The summed E-state index contributed by atoms with van der Waals surface area (Å²) in [7, 11) is 0. The average molecular weight is 163 g/mol. The lowest BCUT2D eigenvalue weighted by Gasteiger charge is -1.92. The molecule has 0 saturated carbocycles. The molecule has 0 aliphatic heterocycles. The molecule has 0 aliphatic carbocycles. The summed E-state index contributed by atoms with van der Waals surface area (Å²) in [5.74, 6) is 1.13. The van der Waals surface area contributed by atoms with Crippen LogP contribution in [0, 0.1) is 0 Å². The zero-order valence-electron chi connectivity index (χ0n) is 6.97. The van der Waals surface area contributed by atoms with Crippen LogP contribution in [0.4, 0.5) is 0 Å². The second-order valence-electron chi connectivity index (χ2n) is 2.88. The molecule has 5 heteroatoms. The minimum atomic E-state index is 0.326. The van der Waals surface area contributed by atoms with Crippen LogP contribution >= 0.6 is 0 Å². The van der Waals surface area contributed by atoms with E-state index in [0.29, 0.717) is 11.6 Å². The highest BCUT2D eigenvalue weighted by atomic mass is 15.5. The summed E-state index contributed by atoms with van der Waals surface area (Å²) in [5, 5.41) is 8.08. The van der Waals surface area contributed by atoms with Crippen LogP contribution in [0.15, 0.2) is 12.5 Å². The maximum atomic E-state index is 4.24. The molecule has 2 heterocycles. The minimum absolute atomic E-state index is 0.326. The second kappa shape index (κ2) is 2.51. The van der Waals surface area contributed by atoms with Crippen molar-refractivity contribution < 1.29 is 0 Å². The Kier molecular flexibility index (Phi) is 1.49. The summed E-state index contributed by atoms with van der Waals surface area (Å²) in [4.78, 5) is 8.09. The fraction of sp³-hybridized carbons (Fsp3) is 0.429. The molecule has 2 aromatic rings. The largest absolute Gasteiger partial charge is 0.239 e. The molecule has 2 aromatic heterocycles. The summed E-state index contributed by atoms with van der Waals surface area (Å²) >= 11 is 0. The van der Waals surface area contributed by atoms with E-state index in [-0.39, 0.29) is 0 Å². The van der Waals surface area contributed by atoms with Gasteiger partial charge in [-0.3, -0.25) is 0 Å². The van der Waals surface area contributed by atoms with Crippen molar-refractivity contribution in [3.8, 4) is 0 Å². The molecule has 12 heavy (non-hydrogen) atoms. The quantitative estimate of drug-likeness (QED) is 0.619. The maximum Gasteiger partial charge on any atom is 0.194 e.